The number of rotatable bonds is 4. The van der Waals surface area contributed by atoms with Crippen LogP contribution in [-0.2, 0) is 9.47 Å². The molecule has 5 heteroatoms. The van der Waals surface area contributed by atoms with E-state index in [1.54, 1.807) is 13.0 Å². The van der Waals surface area contributed by atoms with E-state index in [2.05, 4.69) is 6.58 Å². The number of hydrogen-bond acceptors (Lipinski definition) is 5. The first-order valence-electron chi connectivity index (χ1n) is 4.96. The summed E-state index contributed by atoms with van der Waals surface area (Å²) in [4.78, 5) is 0. The summed E-state index contributed by atoms with van der Waals surface area (Å²) >= 11 is 0. The van der Waals surface area contributed by atoms with Gasteiger partial charge in [-0.25, -0.2) is 0 Å². The lowest BCUT2D eigenvalue weighted by molar-refractivity contribution is -0.284. The maximum atomic E-state index is 9.72. The molecular weight excluding hydrogens is 200 g/mol. The molecule has 0 aliphatic carbocycles. The SMILES string of the molecule is C=CCOC1OC(CO)C(O)C(C)C1O. The number of aliphatic hydroxyl groups is 3. The van der Waals surface area contributed by atoms with Gasteiger partial charge in [-0.2, -0.15) is 0 Å². The summed E-state index contributed by atoms with van der Waals surface area (Å²) in [6.07, 6.45) is -1.77. The summed E-state index contributed by atoms with van der Waals surface area (Å²) < 4.78 is 10.4. The zero-order valence-electron chi connectivity index (χ0n) is 8.74. The van der Waals surface area contributed by atoms with Crippen molar-refractivity contribution in [3.63, 3.8) is 0 Å². The van der Waals surface area contributed by atoms with Crippen LogP contribution < -0.4 is 0 Å². The third kappa shape index (κ3) is 2.76. The van der Waals surface area contributed by atoms with E-state index in [9.17, 15) is 10.2 Å². The minimum absolute atomic E-state index is 0.253. The van der Waals surface area contributed by atoms with Gasteiger partial charge in [0, 0.05) is 5.92 Å². The molecule has 1 heterocycles. The molecule has 1 rings (SSSR count). The van der Waals surface area contributed by atoms with Gasteiger partial charge in [-0.1, -0.05) is 13.0 Å². The Labute approximate surface area is 88.9 Å². The second kappa shape index (κ2) is 5.58. The van der Waals surface area contributed by atoms with Gasteiger partial charge in [0.1, 0.15) is 12.2 Å². The van der Waals surface area contributed by atoms with Crippen LogP contribution >= 0.6 is 0 Å². The maximum absolute atomic E-state index is 9.72. The van der Waals surface area contributed by atoms with E-state index in [1.807, 2.05) is 0 Å². The molecule has 1 aliphatic heterocycles. The Morgan fingerprint density at radius 1 is 1.40 bits per heavy atom. The lowest BCUT2D eigenvalue weighted by Crippen LogP contribution is -2.55. The van der Waals surface area contributed by atoms with Gasteiger partial charge in [-0.3, -0.25) is 0 Å². The van der Waals surface area contributed by atoms with E-state index < -0.39 is 30.5 Å². The molecule has 15 heavy (non-hydrogen) atoms. The predicted octanol–water partition coefficient (Wildman–Crippen LogP) is -0.736. The van der Waals surface area contributed by atoms with E-state index in [-0.39, 0.29) is 13.2 Å². The normalized spacial score (nSPS) is 41.5. The molecule has 0 aromatic rings. The highest BCUT2D eigenvalue weighted by Gasteiger charge is 2.42. The molecule has 88 valence electrons. The maximum Gasteiger partial charge on any atom is 0.184 e. The molecule has 5 unspecified atom stereocenters. The molecule has 0 saturated carbocycles. The fraction of sp³-hybridized carbons (Fsp3) is 0.800. The lowest BCUT2D eigenvalue weighted by Gasteiger charge is -2.40. The Balaban J connectivity index is 2.60. The van der Waals surface area contributed by atoms with Crippen LogP contribution in [0, 0.1) is 5.92 Å². The van der Waals surface area contributed by atoms with Crippen molar-refractivity contribution in [2.24, 2.45) is 5.92 Å². The van der Waals surface area contributed by atoms with Gasteiger partial charge in [-0.05, 0) is 0 Å². The molecular formula is C10H18O5. The van der Waals surface area contributed by atoms with Crippen LogP contribution in [0.3, 0.4) is 0 Å². The molecule has 1 fully saturated rings. The highest BCUT2D eigenvalue weighted by Crippen LogP contribution is 2.26. The van der Waals surface area contributed by atoms with Crippen LogP contribution in [-0.4, -0.2) is 53.1 Å². The van der Waals surface area contributed by atoms with Crippen molar-refractivity contribution in [2.45, 2.75) is 31.5 Å². The van der Waals surface area contributed by atoms with E-state index in [4.69, 9.17) is 14.6 Å². The summed E-state index contributed by atoms with van der Waals surface area (Å²) in [5, 5.41) is 28.3. The largest absolute Gasteiger partial charge is 0.394 e. The van der Waals surface area contributed by atoms with Gasteiger partial charge < -0.3 is 24.8 Å². The van der Waals surface area contributed by atoms with Gasteiger partial charge in [0.05, 0.1) is 19.3 Å². The first-order chi connectivity index (χ1) is 7.11. The molecule has 1 saturated heterocycles. The van der Waals surface area contributed by atoms with Crippen LogP contribution in [0.4, 0.5) is 0 Å². The third-order valence-electron chi connectivity index (χ3n) is 2.60. The molecule has 0 radical (unpaired) electrons. The second-order valence-electron chi connectivity index (χ2n) is 3.69. The molecule has 0 bridgehead atoms. The minimum atomic E-state index is -0.900. The molecule has 3 N–H and O–H groups in total. The Kier molecular flexibility index (Phi) is 4.69. The third-order valence-corrected chi connectivity index (χ3v) is 2.60. The Bertz CT molecular complexity index is 206. The molecule has 5 atom stereocenters. The van der Waals surface area contributed by atoms with Crippen molar-refractivity contribution in [3.05, 3.63) is 12.7 Å². The van der Waals surface area contributed by atoms with Crippen LogP contribution in [0.25, 0.3) is 0 Å². The van der Waals surface area contributed by atoms with E-state index in [0.29, 0.717) is 0 Å². The fourth-order valence-corrected chi connectivity index (χ4v) is 1.57. The summed E-state index contributed by atoms with van der Waals surface area (Å²) in [6, 6.07) is 0. The van der Waals surface area contributed by atoms with Crippen molar-refractivity contribution >= 4 is 0 Å². The highest BCUT2D eigenvalue weighted by atomic mass is 16.7. The van der Waals surface area contributed by atoms with E-state index in [0.717, 1.165) is 0 Å². The van der Waals surface area contributed by atoms with Gasteiger partial charge in [-0.15, -0.1) is 6.58 Å². The first kappa shape index (κ1) is 12.6. The highest BCUT2D eigenvalue weighted by molar-refractivity contribution is 4.86. The van der Waals surface area contributed by atoms with Gasteiger partial charge in [0.2, 0.25) is 0 Å². The van der Waals surface area contributed by atoms with Crippen LogP contribution in [0.2, 0.25) is 0 Å². The monoisotopic (exact) mass is 218 g/mol. The van der Waals surface area contributed by atoms with Crippen LogP contribution in [0.15, 0.2) is 12.7 Å². The zero-order valence-corrected chi connectivity index (χ0v) is 8.74. The predicted molar refractivity (Wildman–Crippen MR) is 53.1 cm³/mol. The average molecular weight is 218 g/mol. The summed E-state index contributed by atoms with van der Waals surface area (Å²) in [5.74, 6) is -0.397. The minimum Gasteiger partial charge on any atom is -0.394 e. The van der Waals surface area contributed by atoms with Crippen LogP contribution in [0.5, 0.6) is 0 Å². The van der Waals surface area contributed by atoms with Crippen LogP contribution in [0.1, 0.15) is 6.92 Å². The summed E-state index contributed by atoms with van der Waals surface area (Å²) in [5.41, 5.74) is 0. The number of ether oxygens (including phenoxy) is 2. The summed E-state index contributed by atoms with van der Waals surface area (Å²) in [7, 11) is 0. The van der Waals surface area contributed by atoms with Crippen molar-refractivity contribution in [1.82, 2.24) is 0 Å². The molecule has 0 aromatic carbocycles. The Hall–Kier alpha value is -0.460. The molecule has 0 amide bonds. The fourth-order valence-electron chi connectivity index (χ4n) is 1.57. The average Bonchev–Trinajstić information content (AvgIpc) is 2.25. The van der Waals surface area contributed by atoms with E-state index in [1.165, 1.54) is 0 Å². The number of hydrogen-bond donors (Lipinski definition) is 3. The van der Waals surface area contributed by atoms with Crippen molar-refractivity contribution in [1.29, 1.82) is 0 Å². The smallest absolute Gasteiger partial charge is 0.184 e. The van der Waals surface area contributed by atoms with E-state index >= 15 is 0 Å². The van der Waals surface area contributed by atoms with Gasteiger partial charge in [0.15, 0.2) is 6.29 Å². The van der Waals surface area contributed by atoms with Crippen molar-refractivity contribution < 1.29 is 24.8 Å². The Morgan fingerprint density at radius 2 is 2.07 bits per heavy atom. The van der Waals surface area contributed by atoms with Crippen molar-refractivity contribution in [3.8, 4) is 0 Å². The first-order valence-corrected chi connectivity index (χ1v) is 4.96. The summed E-state index contributed by atoms with van der Waals surface area (Å²) in [6.45, 7) is 5.12. The van der Waals surface area contributed by atoms with Gasteiger partial charge in [0.25, 0.3) is 0 Å². The second-order valence-corrected chi connectivity index (χ2v) is 3.69. The molecule has 1 aliphatic rings. The zero-order chi connectivity index (χ0) is 11.4. The molecule has 0 spiro atoms. The molecule has 0 aromatic heterocycles. The quantitative estimate of drug-likeness (QED) is 0.542. The van der Waals surface area contributed by atoms with Gasteiger partial charge >= 0.3 is 0 Å². The lowest BCUT2D eigenvalue weighted by atomic mass is 9.91. The topological polar surface area (TPSA) is 79.2 Å². The molecule has 5 nitrogen and oxygen atoms in total. The number of aliphatic hydroxyl groups excluding tert-OH is 3. The standard InChI is InChI=1S/C10H18O5/c1-3-4-14-10-9(13)6(2)8(12)7(5-11)15-10/h3,6-13H,1,4-5H2,2H3. The van der Waals surface area contributed by atoms with Crippen molar-refractivity contribution in [2.75, 3.05) is 13.2 Å². The Morgan fingerprint density at radius 3 is 2.60 bits per heavy atom.